The molecule has 5 heterocycles. The zero-order valence-corrected chi connectivity index (χ0v) is 21.9. The highest BCUT2D eigenvalue weighted by molar-refractivity contribution is 5.69. The minimum Gasteiger partial charge on any atom is -0.492 e. The van der Waals surface area contributed by atoms with Gasteiger partial charge < -0.3 is 19.1 Å². The molecule has 1 atom stereocenters. The van der Waals surface area contributed by atoms with Gasteiger partial charge >= 0.3 is 0 Å². The lowest BCUT2D eigenvalue weighted by Crippen LogP contribution is -2.44. The Hall–Kier alpha value is -3.61. The predicted molar refractivity (Wildman–Crippen MR) is 141 cm³/mol. The van der Waals surface area contributed by atoms with E-state index in [1.54, 1.807) is 21.8 Å². The minimum absolute atomic E-state index is 0.0535. The first-order valence-electron chi connectivity index (χ1n) is 13.1. The van der Waals surface area contributed by atoms with Gasteiger partial charge in [0, 0.05) is 57.2 Å². The van der Waals surface area contributed by atoms with Crippen LogP contribution < -0.4 is 9.64 Å². The van der Waals surface area contributed by atoms with Crippen molar-refractivity contribution in [2.24, 2.45) is 7.05 Å². The van der Waals surface area contributed by atoms with Crippen LogP contribution in [0.5, 0.6) is 5.75 Å². The van der Waals surface area contributed by atoms with Gasteiger partial charge in [-0.25, -0.2) is 14.6 Å². The minimum atomic E-state index is -0.0535. The molecule has 0 unspecified atom stereocenters. The molecule has 0 spiro atoms. The van der Waals surface area contributed by atoms with E-state index in [0.29, 0.717) is 31.1 Å². The van der Waals surface area contributed by atoms with Crippen LogP contribution >= 0.6 is 0 Å². The van der Waals surface area contributed by atoms with Gasteiger partial charge in [-0.3, -0.25) is 9.58 Å². The second-order valence-corrected chi connectivity index (χ2v) is 9.77. The molecular formula is C26H33N9O3. The molecule has 0 amide bonds. The van der Waals surface area contributed by atoms with Gasteiger partial charge in [0.1, 0.15) is 12.4 Å². The third kappa shape index (κ3) is 5.47. The van der Waals surface area contributed by atoms with E-state index < -0.39 is 0 Å². The first-order valence-corrected chi connectivity index (χ1v) is 13.1. The molecule has 12 nitrogen and oxygen atoms in total. The fraction of sp³-hybridized carbons (Fsp3) is 0.500. The van der Waals surface area contributed by atoms with E-state index in [2.05, 4.69) is 55.3 Å². The lowest BCUT2D eigenvalue weighted by Gasteiger charge is -2.34. The van der Waals surface area contributed by atoms with Crippen molar-refractivity contribution >= 4 is 17.0 Å². The molecular weight excluding hydrogens is 486 g/mol. The number of hydrogen-bond donors (Lipinski definition) is 0. The van der Waals surface area contributed by atoms with Crippen molar-refractivity contribution in [2.45, 2.75) is 19.6 Å². The van der Waals surface area contributed by atoms with Gasteiger partial charge in [-0.1, -0.05) is 5.21 Å². The van der Waals surface area contributed by atoms with Crippen molar-refractivity contribution in [3.05, 3.63) is 42.4 Å². The van der Waals surface area contributed by atoms with Gasteiger partial charge in [0.2, 0.25) is 5.65 Å². The van der Waals surface area contributed by atoms with Gasteiger partial charge in [0.25, 0.3) is 0 Å². The Morgan fingerprint density at radius 2 is 2.00 bits per heavy atom. The Balaban J connectivity index is 1.09. The van der Waals surface area contributed by atoms with E-state index in [0.717, 1.165) is 68.5 Å². The smallest absolute Gasteiger partial charge is 0.221 e. The first kappa shape index (κ1) is 24.7. The maximum atomic E-state index is 6.10. The van der Waals surface area contributed by atoms with Crippen molar-refractivity contribution in [1.29, 1.82) is 0 Å². The summed E-state index contributed by atoms with van der Waals surface area (Å²) in [4.78, 5) is 13.9. The Kier molecular flexibility index (Phi) is 7.16. The number of aryl methyl sites for hydroxylation is 2. The Bertz CT molecular complexity index is 1380. The van der Waals surface area contributed by atoms with Crippen LogP contribution in [0.2, 0.25) is 0 Å². The monoisotopic (exact) mass is 519 g/mol. The molecule has 6 rings (SSSR count). The molecule has 38 heavy (non-hydrogen) atoms. The van der Waals surface area contributed by atoms with Crippen LogP contribution in [-0.4, -0.2) is 105 Å². The number of anilines is 1. The molecule has 2 aliphatic rings. The summed E-state index contributed by atoms with van der Waals surface area (Å²) >= 11 is 0. The maximum absolute atomic E-state index is 6.10. The number of fused-ring (bicyclic) bond motifs is 1. The van der Waals surface area contributed by atoms with E-state index in [4.69, 9.17) is 19.2 Å². The molecule has 2 saturated heterocycles. The fourth-order valence-corrected chi connectivity index (χ4v) is 4.93. The molecule has 2 aliphatic heterocycles. The third-order valence-electron chi connectivity index (χ3n) is 7.04. The average Bonchev–Trinajstić information content (AvgIpc) is 3.56. The topological polar surface area (TPSA) is 108 Å². The van der Waals surface area contributed by atoms with Gasteiger partial charge in [-0.05, 0) is 30.7 Å². The standard InChI is InChI=1S/C26H33N9O3/c1-19-13-21(3-4-24(19)38-11-7-33-5-9-36-10-6-33)34-8-12-37-22(17-34)18-35-26-25(30-31-35)27-15-23(29-26)20-14-28-32(2)16-20/h3-4,13-16,22H,5-12,17-18H2,1-2H3/t22-/m0/s1. The summed E-state index contributed by atoms with van der Waals surface area (Å²) in [7, 11) is 1.88. The summed E-state index contributed by atoms with van der Waals surface area (Å²) in [6.45, 7) is 10.0. The summed E-state index contributed by atoms with van der Waals surface area (Å²) in [5.41, 5.74) is 5.10. The number of aromatic nitrogens is 7. The quantitative estimate of drug-likeness (QED) is 0.340. The van der Waals surface area contributed by atoms with E-state index in [1.807, 2.05) is 13.2 Å². The summed E-state index contributed by atoms with van der Waals surface area (Å²) in [5, 5.41) is 12.7. The molecule has 0 aliphatic carbocycles. The number of morpholine rings is 2. The first-order chi connectivity index (χ1) is 18.6. The molecule has 1 aromatic carbocycles. The Morgan fingerprint density at radius 3 is 2.82 bits per heavy atom. The van der Waals surface area contributed by atoms with Crippen molar-refractivity contribution in [2.75, 3.05) is 64.1 Å². The van der Waals surface area contributed by atoms with Crippen LogP contribution in [0.25, 0.3) is 22.6 Å². The zero-order valence-electron chi connectivity index (χ0n) is 21.9. The van der Waals surface area contributed by atoms with Crippen molar-refractivity contribution in [1.82, 2.24) is 39.6 Å². The van der Waals surface area contributed by atoms with E-state index in [1.165, 1.54) is 5.69 Å². The highest BCUT2D eigenvalue weighted by Gasteiger charge is 2.24. The normalized spacial score (nSPS) is 18.8. The maximum Gasteiger partial charge on any atom is 0.221 e. The van der Waals surface area contributed by atoms with E-state index in [9.17, 15) is 0 Å². The van der Waals surface area contributed by atoms with Crippen LogP contribution in [0.1, 0.15) is 5.56 Å². The van der Waals surface area contributed by atoms with Gasteiger partial charge in [-0.15, -0.1) is 5.10 Å². The van der Waals surface area contributed by atoms with Gasteiger partial charge in [0.05, 0.1) is 50.6 Å². The Labute approximate surface area is 221 Å². The zero-order chi connectivity index (χ0) is 25.9. The summed E-state index contributed by atoms with van der Waals surface area (Å²) in [6, 6.07) is 6.41. The SMILES string of the molecule is Cc1cc(N2CCO[C@H](Cn3nnc4ncc(-c5cnn(C)c5)nc43)C2)ccc1OCCN1CCOCC1. The molecule has 2 fully saturated rings. The van der Waals surface area contributed by atoms with Crippen LogP contribution in [0.4, 0.5) is 5.69 Å². The predicted octanol–water partition coefficient (Wildman–Crippen LogP) is 1.55. The molecule has 0 saturated carbocycles. The fourth-order valence-electron chi connectivity index (χ4n) is 4.93. The van der Waals surface area contributed by atoms with Crippen LogP contribution in [0, 0.1) is 6.92 Å². The average molecular weight is 520 g/mol. The van der Waals surface area contributed by atoms with Crippen LogP contribution in [-0.2, 0) is 23.1 Å². The second-order valence-electron chi connectivity index (χ2n) is 9.77. The number of hydrogen-bond acceptors (Lipinski definition) is 10. The van der Waals surface area contributed by atoms with Gasteiger partial charge in [0.15, 0.2) is 5.65 Å². The molecule has 12 heteroatoms. The van der Waals surface area contributed by atoms with Crippen LogP contribution in [0.3, 0.4) is 0 Å². The second kappa shape index (κ2) is 11.0. The highest BCUT2D eigenvalue weighted by Crippen LogP contribution is 2.26. The summed E-state index contributed by atoms with van der Waals surface area (Å²) in [6.07, 6.45) is 5.33. The molecule has 3 aromatic heterocycles. The third-order valence-corrected chi connectivity index (χ3v) is 7.04. The molecule has 0 bridgehead atoms. The lowest BCUT2D eigenvalue weighted by atomic mass is 10.1. The summed E-state index contributed by atoms with van der Waals surface area (Å²) < 4.78 is 21.1. The largest absolute Gasteiger partial charge is 0.492 e. The van der Waals surface area contributed by atoms with Gasteiger partial charge in [-0.2, -0.15) is 5.10 Å². The highest BCUT2D eigenvalue weighted by atomic mass is 16.5. The summed E-state index contributed by atoms with van der Waals surface area (Å²) in [5.74, 6) is 0.934. The Morgan fingerprint density at radius 1 is 1.11 bits per heavy atom. The molecule has 0 N–H and O–H groups in total. The number of ether oxygens (including phenoxy) is 3. The molecule has 4 aromatic rings. The van der Waals surface area contributed by atoms with Crippen LogP contribution in [0.15, 0.2) is 36.8 Å². The number of benzene rings is 1. The number of nitrogens with zero attached hydrogens (tertiary/aromatic N) is 9. The van der Waals surface area contributed by atoms with Crippen molar-refractivity contribution < 1.29 is 14.2 Å². The van der Waals surface area contributed by atoms with Crippen molar-refractivity contribution in [3.8, 4) is 17.0 Å². The van der Waals surface area contributed by atoms with E-state index in [-0.39, 0.29) is 6.10 Å². The lowest BCUT2D eigenvalue weighted by molar-refractivity contribution is 0.0278. The number of rotatable bonds is 8. The van der Waals surface area contributed by atoms with E-state index >= 15 is 0 Å². The molecule has 200 valence electrons. The van der Waals surface area contributed by atoms with Crippen molar-refractivity contribution in [3.63, 3.8) is 0 Å². The molecule has 0 radical (unpaired) electrons.